The van der Waals surface area contributed by atoms with Crippen molar-refractivity contribution < 1.29 is 24.5 Å². The van der Waals surface area contributed by atoms with Crippen molar-refractivity contribution in [2.45, 2.75) is 169 Å². The van der Waals surface area contributed by atoms with E-state index in [1.54, 1.807) is 13.8 Å². The number of carbonyl (C=O) groups excluding carboxylic acids is 2. The molecule has 7 nitrogen and oxygen atoms in total. The Hall–Kier alpha value is -1.62. The van der Waals surface area contributed by atoms with Gasteiger partial charge in [0, 0.05) is 36.3 Å². The molecule has 7 heteroatoms. The Balaban J connectivity index is -0.000000298. The van der Waals surface area contributed by atoms with Gasteiger partial charge in [0.05, 0.1) is 18.8 Å². The van der Waals surface area contributed by atoms with Crippen LogP contribution in [0.2, 0.25) is 0 Å². The summed E-state index contributed by atoms with van der Waals surface area (Å²) >= 11 is 0. The maximum absolute atomic E-state index is 11.9. The molecule has 5 N–H and O–H groups in total. The first-order valence-corrected chi connectivity index (χ1v) is 19.3. The van der Waals surface area contributed by atoms with Gasteiger partial charge in [0.2, 0.25) is 11.8 Å². The molecule has 1 aliphatic carbocycles. The quantitative estimate of drug-likeness (QED) is 0.113. The number of hydrogen-bond donors (Lipinski definition) is 4. The van der Waals surface area contributed by atoms with Gasteiger partial charge in [-0.1, -0.05) is 109 Å². The normalized spacial score (nSPS) is 16.2. The third-order valence-electron chi connectivity index (χ3n) is 8.12. The first-order chi connectivity index (χ1) is 22.3. The van der Waals surface area contributed by atoms with Crippen molar-refractivity contribution in [2.24, 2.45) is 58.0 Å². The number of aliphatic hydroxyl groups is 2. The molecule has 0 radical (unpaired) electrons. The molecule has 1 saturated carbocycles. The monoisotopic (exact) mass is 699 g/mol. The summed E-state index contributed by atoms with van der Waals surface area (Å²) in [5.74, 6) is 9.85. The van der Waals surface area contributed by atoms with Crippen molar-refractivity contribution in [1.29, 1.82) is 0 Å². The lowest BCUT2D eigenvalue weighted by atomic mass is 9.81. The zero-order chi connectivity index (χ0) is 39.6. The second-order valence-electron chi connectivity index (χ2n) is 17.3. The van der Waals surface area contributed by atoms with E-state index in [1.165, 1.54) is 6.42 Å². The van der Waals surface area contributed by atoms with Gasteiger partial charge in [0.25, 0.3) is 0 Å². The van der Waals surface area contributed by atoms with Gasteiger partial charge in [-0.3, -0.25) is 9.59 Å². The first-order valence-electron chi connectivity index (χ1n) is 19.3. The highest BCUT2D eigenvalue weighted by molar-refractivity contribution is 5.80. The molecule has 1 aliphatic rings. The summed E-state index contributed by atoms with van der Waals surface area (Å²) in [6.07, 6.45) is 5.10. The van der Waals surface area contributed by atoms with Gasteiger partial charge in [-0.2, -0.15) is 0 Å². The van der Waals surface area contributed by atoms with Crippen molar-refractivity contribution in [3.8, 4) is 11.8 Å². The number of aliphatic hydroxyl groups excluding tert-OH is 2. The van der Waals surface area contributed by atoms with Crippen molar-refractivity contribution in [1.82, 2.24) is 5.32 Å². The highest BCUT2D eigenvalue weighted by Gasteiger charge is 2.28. The molecule has 294 valence electrons. The van der Waals surface area contributed by atoms with Crippen molar-refractivity contribution >= 4 is 11.8 Å². The van der Waals surface area contributed by atoms with Crippen LogP contribution < -0.4 is 11.1 Å². The molecule has 0 aromatic heterocycles. The fraction of sp³-hybridized carbons (Fsp3) is 0.905. The summed E-state index contributed by atoms with van der Waals surface area (Å²) in [6, 6.07) is 0. The Morgan fingerprint density at radius 1 is 0.755 bits per heavy atom. The minimum atomic E-state index is -0.579. The van der Waals surface area contributed by atoms with E-state index >= 15 is 0 Å². The summed E-state index contributed by atoms with van der Waals surface area (Å²) in [6.45, 7) is 39.3. The van der Waals surface area contributed by atoms with Crippen molar-refractivity contribution in [3.63, 3.8) is 0 Å². The van der Waals surface area contributed by atoms with E-state index in [2.05, 4.69) is 114 Å². The molecule has 0 aromatic rings. The lowest BCUT2D eigenvalue weighted by Crippen LogP contribution is -2.38. The van der Waals surface area contributed by atoms with Crippen molar-refractivity contribution in [2.75, 3.05) is 26.4 Å². The highest BCUT2D eigenvalue weighted by Crippen LogP contribution is 2.28. The van der Waals surface area contributed by atoms with E-state index in [4.69, 9.17) is 20.7 Å². The van der Waals surface area contributed by atoms with E-state index in [-0.39, 0.29) is 41.1 Å². The minimum absolute atomic E-state index is 0.0123. The van der Waals surface area contributed by atoms with Crippen LogP contribution in [0.15, 0.2) is 0 Å². The number of hydrogen-bond acceptors (Lipinski definition) is 5. The molecule has 0 unspecified atom stereocenters. The lowest BCUT2D eigenvalue weighted by molar-refractivity contribution is -0.129. The van der Waals surface area contributed by atoms with E-state index in [9.17, 15) is 9.59 Å². The SMILES string of the molecule is CC.CC(C)(CO)OCCNC(=O)C1CCC(C(N)=O)CC1.CC(C)C#CC(C)(C)CC(C)C.CC(C)C(C)C.CC(C)CC(C)(C)CO. The Morgan fingerprint density at radius 3 is 1.49 bits per heavy atom. The highest BCUT2D eigenvalue weighted by atomic mass is 16.5. The number of carbonyl (C=O) groups is 2. The third kappa shape index (κ3) is 36.0. The molecule has 0 heterocycles. The van der Waals surface area contributed by atoms with Crippen LogP contribution in [0.3, 0.4) is 0 Å². The molecule has 0 bridgehead atoms. The van der Waals surface area contributed by atoms with Gasteiger partial charge in [0.1, 0.15) is 0 Å². The fourth-order valence-electron chi connectivity index (χ4n) is 4.91. The van der Waals surface area contributed by atoms with Gasteiger partial charge < -0.3 is 26.0 Å². The van der Waals surface area contributed by atoms with E-state index in [1.807, 2.05) is 13.8 Å². The molecule has 0 aliphatic heterocycles. The molecular formula is C42H86N2O5. The van der Waals surface area contributed by atoms with Crippen LogP contribution in [0.5, 0.6) is 0 Å². The van der Waals surface area contributed by atoms with Crippen LogP contribution in [0.4, 0.5) is 0 Å². The Kier molecular flexibility index (Phi) is 32.1. The molecular weight excluding hydrogens is 612 g/mol. The summed E-state index contributed by atoms with van der Waals surface area (Å²) < 4.78 is 5.44. The zero-order valence-electron chi connectivity index (χ0n) is 35.8. The minimum Gasteiger partial charge on any atom is -0.396 e. The summed E-state index contributed by atoms with van der Waals surface area (Å²) in [7, 11) is 0. The summed E-state index contributed by atoms with van der Waals surface area (Å²) in [5, 5.41) is 20.7. The standard InChI is InChI=1S/C14H26N2O4.C12H22.C8H18O.C6H14.C2H6/c1-14(2,9-17)20-8-7-16-13(19)11-5-3-10(4-6-11)12(15)18;1-10(2)7-8-12(5,6)9-11(3)4;1-7(2)5-8(3,4)6-9;1-5(2)6(3)4;1-2/h10-11,17H,3-9H2,1-2H3,(H2,15,18)(H,16,19);10-11H,9H2,1-6H3;7,9H,5-6H2,1-4H3;5-6H,1-4H3;1-2H3. The number of primary amides is 1. The predicted octanol–water partition coefficient (Wildman–Crippen LogP) is 9.28. The van der Waals surface area contributed by atoms with Gasteiger partial charge in [-0.15, -0.1) is 0 Å². The lowest BCUT2D eigenvalue weighted by Gasteiger charge is -2.26. The van der Waals surface area contributed by atoms with Crippen LogP contribution in [0.25, 0.3) is 0 Å². The maximum Gasteiger partial charge on any atom is 0.223 e. The number of nitrogens with one attached hydrogen (secondary N) is 1. The molecule has 49 heavy (non-hydrogen) atoms. The van der Waals surface area contributed by atoms with Gasteiger partial charge >= 0.3 is 0 Å². The maximum atomic E-state index is 11.9. The summed E-state index contributed by atoms with van der Waals surface area (Å²) in [5.41, 5.74) is 5.00. The second-order valence-corrected chi connectivity index (χ2v) is 17.3. The van der Waals surface area contributed by atoms with Crippen LogP contribution in [0, 0.1) is 64.1 Å². The fourth-order valence-corrected chi connectivity index (χ4v) is 4.91. The Labute approximate surface area is 306 Å². The largest absolute Gasteiger partial charge is 0.396 e. The molecule has 2 amide bonds. The molecule has 0 spiro atoms. The average Bonchev–Trinajstić information content (AvgIpc) is 2.99. The molecule has 0 saturated heterocycles. The topological polar surface area (TPSA) is 122 Å². The molecule has 1 fully saturated rings. The zero-order valence-corrected chi connectivity index (χ0v) is 35.8. The van der Waals surface area contributed by atoms with Gasteiger partial charge in [-0.25, -0.2) is 0 Å². The molecule has 0 aromatic carbocycles. The number of amides is 2. The number of nitrogens with two attached hydrogens (primary N) is 1. The number of ether oxygens (including phenoxy) is 1. The smallest absolute Gasteiger partial charge is 0.223 e. The van der Waals surface area contributed by atoms with Crippen molar-refractivity contribution in [3.05, 3.63) is 0 Å². The number of rotatable bonds is 13. The predicted molar refractivity (Wildman–Crippen MR) is 212 cm³/mol. The average molecular weight is 699 g/mol. The van der Waals surface area contributed by atoms with E-state index in [0.29, 0.717) is 57.3 Å². The Morgan fingerprint density at radius 2 is 1.18 bits per heavy atom. The molecule has 0 atom stereocenters. The van der Waals surface area contributed by atoms with Gasteiger partial charge in [0.15, 0.2) is 0 Å². The third-order valence-corrected chi connectivity index (χ3v) is 8.12. The van der Waals surface area contributed by atoms with Crippen LogP contribution >= 0.6 is 0 Å². The van der Waals surface area contributed by atoms with Crippen LogP contribution in [-0.4, -0.2) is 54.0 Å². The molecule has 1 rings (SSSR count). The van der Waals surface area contributed by atoms with E-state index in [0.717, 1.165) is 24.2 Å². The van der Waals surface area contributed by atoms with E-state index < -0.39 is 5.60 Å². The van der Waals surface area contributed by atoms with Crippen LogP contribution in [-0.2, 0) is 14.3 Å². The van der Waals surface area contributed by atoms with Gasteiger partial charge in [-0.05, 0) is 95.3 Å². The summed E-state index contributed by atoms with van der Waals surface area (Å²) in [4.78, 5) is 23.0. The Bertz CT molecular complexity index is 865. The second kappa shape index (κ2) is 29.0. The first kappa shape index (κ1) is 54.2. The van der Waals surface area contributed by atoms with Crippen LogP contribution in [0.1, 0.15) is 163 Å².